The van der Waals surface area contributed by atoms with Crippen LogP contribution in [0.4, 0.5) is 0 Å². The van der Waals surface area contributed by atoms with Crippen molar-refractivity contribution in [2.45, 2.75) is 18.9 Å². The Bertz CT molecular complexity index is 311. The third-order valence-corrected chi connectivity index (χ3v) is 3.66. The molecular formula is C14H20ClNO. The van der Waals surface area contributed by atoms with Crippen LogP contribution < -0.4 is 5.32 Å². The summed E-state index contributed by atoms with van der Waals surface area (Å²) in [6, 6.07) is 10.7. The molecule has 2 nitrogen and oxygen atoms in total. The van der Waals surface area contributed by atoms with Gasteiger partial charge in [0.2, 0.25) is 0 Å². The van der Waals surface area contributed by atoms with Gasteiger partial charge in [-0.3, -0.25) is 0 Å². The van der Waals surface area contributed by atoms with Gasteiger partial charge in [-0.05, 0) is 30.9 Å². The van der Waals surface area contributed by atoms with Gasteiger partial charge in [0.25, 0.3) is 0 Å². The Balaban J connectivity index is 1.83. The van der Waals surface area contributed by atoms with E-state index in [0.717, 1.165) is 38.5 Å². The number of halogens is 1. The highest BCUT2D eigenvalue weighted by Gasteiger charge is 2.16. The second-order valence-corrected chi connectivity index (χ2v) is 4.89. The van der Waals surface area contributed by atoms with Gasteiger partial charge >= 0.3 is 0 Å². The van der Waals surface area contributed by atoms with E-state index in [1.807, 2.05) is 6.07 Å². The first-order chi connectivity index (χ1) is 8.40. The second kappa shape index (κ2) is 7.00. The quantitative estimate of drug-likeness (QED) is 0.815. The fourth-order valence-corrected chi connectivity index (χ4v) is 2.49. The first-order valence-corrected chi connectivity index (χ1v) is 6.85. The molecule has 1 aliphatic rings. The zero-order valence-corrected chi connectivity index (χ0v) is 10.8. The van der Waals surface area contributed by atoms with Crippen molar-refractivity contribution in [3.63, 3.8) is 0 Å². The molecule has 1 heterocycles. The monoisotopic (exact) mass is 253 g/mol. The number of alkyl halides is 1. The third kappa shape index (κ3) is 3.98. The molecule has 1 unspecified atom stereocenters. The molecule has 0 aromatic heterocycles. The maximum Gasteiger partial charge on any atom is 0.0469 e. The van der Waals surface area contributed by atoms with Crippen molar-refractivity contribution in [1.82, 2.24) is 5.32 Å². The minimum atomic E-state index is 0.265. The molecule has 0 bridgehead atoms. The SMILES string of the molecule is ClCC(NCC1CCOCC1)c1ccccc1. The molecule has 0 aliphatic carbocycles. The van der Waals surface area contributed by atoms with Crippen molar-refractivity contribution in [3.8, 4) is 0 Å². The number of benzene rings is 1. The Morgan fingerprint density at radius 3 is 2.59 bits per heavy atom. The maximum absolute atomic E-state index is 6.03. The summed E-state index contributed by atoms with van der Waals surface area (Å²) in [7, 11) is 0. The van der Waals surface area contributed by atoms with E-state index < -0.39 is 0 Å². The second-order valence-electron chi connectivity index (χ2n) is 4.58. The number of nitrogens with one attached hydrogen (secondary N) is 1. The Morgan fingerprint density at radius 1 is 1.24 bits per heavy atom. The molecule has 3 heteroatoms. The van der Waals surface area contributed by atoms with E-state index in [2.05, 4.69) is 29.6 Å². The van der Waals surface area contributed by atoms with Crippen molar-refractivity contribution < 1.29 is 4.74 Å². The predicted molar refractivity (Wildman–Crippen MR) is 71.4 cm³/mol. The molecule has 0 saturated carbocycles. The average molecular weight is 254 g/mol. The number of ether oxygens (including phenoxy) is 1. The highest BCUT2D eigenvalue weighted by Crippen LogP contribution is 2.18. The minimum absolute atomic E-state index is 0.265. The fraction of sp³-hybridized carbons (Fsp3) is 0.571. The fourth-order valence-electron chi connectivity index (χ4n) is 2.21. The molecule has 1 aromatic rings. The highest BCUT2D eigenvalue weighted by atomic mass is 35.5. The molecule has 94 valence electrons. The van der Waals surface area contributed by atoms with E-state index in [4.69, 9.17) is 16.3 Å². The van der Waals surface area contributed by atoms with Crippen LogP contribution in [0.25, 0.3) is 0 Å². The van der Waals surface area contributed by atoms with Crippen molar-refractivity contribution in [1.29, 1.82) is 0 Å². The van der Waals surface area contributed by atoms with Gasteiger partial charge < -0.3 is 10.1 Å². The topological polar surface area (TPSA) is 21.3 Å². The molecule has 1 aliphatic heterocycles. The normalized spacial score (nSPS) is 19.1. The largest absolute Gasteiger partial charge is 0.381 e. The summed E-state index contributed by atoms with van der Waals surface area (Å²) < 4.78 is 5.36. The number of rotatable bonds is 5. The third-order valence-electron chi connectivity index (χ3n) is 3.35. The van der Waals surface area contributed by atoms with Crippen LogP contribution in [-0.4, -0.2) is 25.6 Å². The van der Waals surface area contributed by atoms with E-state index in [1.165, 1.54) is 5.56 Å². The van der Waals surface area contributed by atoms with Crippen LogP contribution in [0.2, 0.25) is 0 Å². The lowest BCUT2D eigenvalue weighted by Crippen LogP contribution is -2.31. The van der Waals surface area contributed by atoms with E-state index >= 15 is 0 Å². The number of hydrogen-bond acceptors (Lipinski definition) is 2. The van der Waals surface area contributed by atoms with Crippen LogP contribution >= 0.6 is 11.6 Å². The van der Waals surface area contributed by atoms with E-state index in [9.17, 15) is 0 Å². The van der Waals surface area contributed by atoms with Gasteiger partial charge in [0.15, 0.2) is 0 Å². The van der Waals surface area contributed by atoms with Crippen LogP contribution in [0.3, 0.4) is 0 Å². The van der Waals surface area contributed by atoms with E-state index in [1.54, 1.807) is 0 Å². The van der Waals surface area contributed by atoms with E-state index in [-0.39, 0.29) is 6.04 Å². The van der Waals surface area contributed by atoms with Gasteiger partial charge in [0.05, 0.1) is 0 Å². The molecule has 17 heavy (non-hydrogen) atoms. The van der Waals surface area contributed by atoms with Crippen molar-refractivity contribution in [3.05, 3.63) is 35.9 Å². The molecular weight excluding hydrogens is 234 g/mol. The molecule has 1 N–H and O–H groups in total. The molecule has 0 amide bonds. The van der Waals surface area contributed by atoms with Crippen LogP contribution in [0.15, 0.2) is 30.3 Å². The van der Waals surface area contributed by atoms with Crippen LogP contribution in [-0.2, 0) is 4.74 Å². The first-order valence-electron chi connectivity index (χ1n) is 6.32. The van der Waals surface area contributed by atoms with Gasteiger partial charge in [-0.1, -0.05) is 30.3 Å². The molecule has 2 rings (SSSR count). The Hall–Kier alpha value is -0.570. The lowest BCUT2D eigenvalue weighted by Gasteiger charge is -2.25. The maximum atomic E-state index is 6.03. The molecule has 1 saturated heterocycles. The van der Waals surface area contributed by atoms with Crippen LogP contribution in [0.5, 0.6) is 0 Å². The van der Waals surface area contributed by atoms with Gasteiger partial charge in [0.1, 0.15) is 0 Å². The molecule has 1 fully saturated rings. The van der Waals surface area contributed by atoms with E-state index in [0.29, 0.717) is 5.88 Å². The van der Waals surface area contributed by atoms with Crippen molar-refractivity contribution in [2.75, 3.05) is 25.6 Å². The number of hydrogen-bond donors (Lipinski definition) is 1. The Kier molecular flexibility index (Phi) is 5.30. The van der Waals surface area contributed by atoms with Gasteiger partial charge in [0, 0.05) is 25.1 Å². The summed E-state index contributed by atoms with van der Waals surface area (Å²) in [5.74, 6) is 1.35. The summed E-state index contributed by atoms with van der Waals surface area (Å²) in [5.41, 5.74) is 1.27. The summed E-state index contributed by atoms with van der Waals surface area (Å²) in [4.78, 5) is 0. The first kappa shape index (κ1) is 12.9. The molecule has 0 radical (unpaired) electrons. The van der Waals surface area contributed by atoms with Gasteiger partial charge in [-0.15, -0.1) is 11.6 Å². The summed E-state index contributed by atoms with van der Waals surface area (Å²) in [6.45, 7) is 2.85. The zero-order chi connectivity index (χ0) is 11.9. The zero-order valence-electron chi connectivity index (χ0n) is 10.1. The molecule has 1 aromatic carbocycles. The van der Waals surface area contributed by atoms with Crippen LogP contribution in [0, 0.1) is 5.92 Å². The Morgan fingerprint density at radius 2 is 1.94 bits per heavy atom. The highest BCUT2D eigenvalue weighted by molar-refractivity contribution is 6.18. The van der Waals surface area contributed by atoms with Crippen LogP contribution in [0.1, 0.15) is 24.4 Å². The summed E-state index contributed by atoms with van der Waals surface area (Å²) >= 11 is 6.03. The molecule has 0 spiro atoms. The lowest BCUT2D eigenvalue weighted by atomic mass is 9.99. The summed E-state index contributed by atoms with van der Waals surface area (Å²) in [5, 5.41) is 3.57. The van der Waals surface area contributed by atoms with Crippen molar-refractivity contribution in [2.24, 2.45) is 5.92 Å². The lowest BCUT2D eigenvalue weighted by molar-refractivity contribution is 0.0656. The van der Waals surface area contributed by atoms with Crippen molar-refractivity contribution >= 4 is 11.6 Å². The molecule has 1 atom stereocenters. The minimum Gasteiger partial charge on any atom is -0.381 e. The predicted octanol–water partition coefficient (Wildman–Crippen LogP) is 2.98. The standard InChI is InChI=1S/C14H20ClNO/c15-10-14(13-4-2-1-3-5-13)16-11-12-6-8-17-9-7-12/h1-5,12,14,16H,6-11H2. The van der Waals surface area contributed by atoms with Gasteiger partial charge in [-0.25, -0.2) is 0 Å². The Labute approximate surface area is 108 Å². The smallest absolute Gasteiger partial charge is 0.0469 e. The average Bonchev–Trinajstić information content (AvgIpc) is 2.42. The van der Waals surface area contributed by atoms with Gasteiger partial charge in [-0.2, -0.15) is 0 Å². The summed E-state index contributed by atoms with van der Waals surface area (Å²) in [6.07, 6.45) is 2.33.